The lowest BCUT2D eigenvalue weighted by Gasteiger charge is -2.24. The first-order chi connectivity index (χ1) is 9.58. The third-order valence-corrected chi connectivity index (χ3v) is 3.69. The van der Waals surface area contributed by atoms with Crippen LogP contribution in [0.2, 0.25) is 0 Å². The van der Waals surface area contributed by atoms with Crippen LogP contribution in [-0.2, 0) is 9.53 Å². The van der Waals surface area contributed by atoms with Gasteiger partial charge in [-0.15, -0.1) is 0 Å². The molecule has 1 aliphatic carbocycles. The van der Waals surface area contributed by atoms with Gasteiger partial charge >= 0.3 is 5.97 Å². The van der Waals surface area contributed by atoms with Crippen LogP contribution in [0.25, 0.3) is 0 Å². The lowest BCUT2D eigenvalue weighted by Crippen LogP contribution is -2.15. The van der Waals surface area contributed by atoms with Crippen LogP contribution in [0.3, 0.4) is 0 Å². The molecule has 20 heavy (non-hydrogen) atoms. The average Bonchev–Trinajstić information content (AvgIpc) is 2.47. The SMILES string of the molecule is CC(C)OC(=O)C(F)=C1CCC(c2ccccc2)CC1. The van der Waals surface area contributed by atoms with Crippen molar-refractivity contribution < 1.29 is 13.9 Å². The molecular formula is C17H21FO2. The number of ether oxygens (including phenoxy) is 1. The number of halogens is 1. The highest BCUT2D eigenvalue weighted by molar-refractivity contribution is 5.87. The average molecular weight is 276 g/mol. The van der Waals surface area contributed by atoms with Crippen molar-refractivity contribution in [2.24, 2.45) is 0 Å². The summed E-state index contributed by atoms with van der Waals surface area (Å²) >= 11 is 0. The molecule has 1 aromatic carbocycles. The predicted octanol–water partition coefficient (Wildman–Crippen LogP) is 4.52. The molecule has 0 N–H and O–H groups in total. The van der Waals surface area contributed by atoms with E-state index in [9.17, 15) is 9.18 Å². The summed E-state index contributed by atoms with van der Waals surface area (Å²) in [5.74, 6) is -1.02. The van der Waals surface area contributed by atoms with Crippen molar-refractivity contribution in [1.29, 1.82) is 0 Å². The minimum Gasteiger partial charge on any atom is -0.458 e. The second-order valence-electron chi connectivity index (χ2n) is 5.56. The number of rotatable bonds is 3. The van der Waals surface area contributed by atoms with Gasteiger partial charge < -0.3 is 4.74 Å². The normalized spacial score (nSPS) is 19.0. The fourth-order valence-corrected chi connectivity index (χ4v) is 2.65. The largest absolute Gasteiger partial charge is 0.458 e. The Morgan fingerprint density at radius 2 is 1.80 bits per heavy atom. The Morgan fingerprint density at radius 1 is 1.20 bits per heavy atom. The van der Waals surface area contributed by atoms with Crippen molar-refractivity contribution in [2.45, 2.75) is 51.6 Å². The van der Waals surface area contributed by atoms with Gasteiger partial charge in [0, 0.05) is 0 Å². The van der Waals surface area contributed by atoms with E-state index in [2.05, 4.69) is 12.1 Å². The number of carbonyl (C=O) groups is 1. The summed E-state index contributed by atoms with van der Waals surface area (Å²) in [5.41, 5.74) is 1.92. The molecule has 2 rings (SSSR count). The first-order valence-corrected chi connectivity index (χ1v) is 7.21. The van der Waals surface area contributed by atoms with E-state index in [-0.39, 0.29) is 6.10 Å². The molecule has 1 saturated carbocycles. The van der Waals surface area contributed by atoms with Crippen LogP contribution in [0.1, 0.15) is 51.0 Å². The first-order valence-electron chi connectivity index (χ1n) is 7.21. The van der Waals surface area contributed by atoms with Crippen molar-refractivity contribution in [3.63, 3.8) is 0 Å². The highest BCUT2D eigenvalue weighted by Gasteiger charge is 2.24. The summed E-state index contributed by atoms with van der Waals surface area (Å²) in [6.45, 7) is 3.45. The number of hydrogen-bond acceptors (Lipinski definition) is 2. The van der Waals surface area contributed by atoms with Crippen LogP contribution in [0.15, 0.2) is 41.7 Å². The smallest absolute Gasteiger partial charge is 0.367 e. The summed E-state index contributed by atoms with van der Waals surface area (Å²) in [6, 6.07) is 10.3. The molecule has 3 heteroatoms. The molecule has 108 valence electrons. The zero-order valence-corrected chi connectivity index (χ0v) is 12.1. The monoisotopic (exact) mass is 276 g/mol. The van der Waals surface area contributed by atoms with Crippen molar-refractivity contribution in [2.75, 3.05) is 0 Å². The molecule has 0 radical (unpaired) electrons. The van der Waals surface area contributed by atoms with E-state index in [1.165, 1.54) is 5.56 Å². The Labute approximate surface area is 119 Å². The van der Waals surface area contributed by atoms with Crippen molar-refractivity contribution in [3.8, 4) is 0 Å². The van der Waals surface area contributed by atoms with Gasteiger partial charge in [0.05, 0.1) is 6.10 Å². The van der Waals surface area contributed by atoms with Crippen LogP contribution in [0.5, 0.6) is 0 Å². The Balaban J connectivity index is 1.98. The number of benzene rings is 1. The Hall–Kier alpha value is -1.64. The third-order valence-electron chi connectivity index (χ3n) is 3.69. The quantitative estimate of drug-likeness (QED) is 0.599. The third kappa shape index (κ3) is 3.69. The van der Waals surface area contributed by atoms with E-state index in [4.69, 9.17) is 4.74 Å². The molecule has 0 amide bonds. The molecule has 1 aliphatic rings. The van der Waals surface area contributed by atoms with Gasteiger partial charge in [0.1, 0.15) is 0 Å². The van der Waals surface area contributed by atoms with E-state index >= 15 is 0 Å². The molecule has 0 atom stereocenters. The summed E-state index contributed by atoms with van der Waals surface area (Å²) in [4.78, 5) is 11.5. The van der Waals surface area contributed by atoms with Crippen LogP contribution in [0, 0.1) is 0 Å². The first kappa shape index (κ1) is 14.8. The molecule has 1 fully saturated rings. The molecule has 0 spiro atoms. The maximum Gasteiger partial charge on any atom is 0.367 e. The van der Waals surface area contributed by atoms with Gasteiger partial charge in [-0.05, 0) is 56.6 Å². The van der Waals surface area contributed by atoms with E-state index in [1.807, 2.05) is 18.2 Å². The van der Waals surface area contributed by atoms with Crippen molar-refractivity contribution >= 4 is 5.97 Å². The highest BCUT2D eigenvalue weighted by Crippen LogP contribution is 2.37. The zero-order chi connectivity index (χ0) is 14.5. The summed E-state index contributed by atoms with van der Waals surface area (Å²) < 4.78 is 18.9. The van der Waals surface area contributed by atoms with E-state index in [1.54, 1.807) is 13.8 Å². The van der Waals surface area contributed by atoms with E-state index in [0.717, 1.165) is 12.8 Å². The second-order valence-corrected chi connectivity index (χ2v) is 5.56. The standard InChI is InChI=1S/C17H21FO2/c1-12(2)20-17(19)16(18)15-10-8-14(9-11-15)13-6-4-3-5-7-13/h3-7,12,14H,8-11H2,1-2H3. The molecule has 0 saturated heterocycles. The number of allylic oxidation sites excluding steroid dienone is 1. The van der Waals surface area contributed by atoms with Gasteiger partial charge in [0.15, 0.2) is 0 Å². The molecule has 0 aliphatic heterocycles. The molecular weight excluding hydrogens is 255 g/mol. The Bertz CT molecular complexity index is 481. The van der Waals surface area contributed by atoms with Gasteiger partial charge in [0.25, 0.3) is 0 Å². The maximum absolute atomic E-state index is 14.0. The van der Waals surface area contributed by atoms with Crippen LogP contribution >= 0.6 is 0 Å². The lowest BCUT2D eigenvalue weighted by atomic mass is 9.81. The highest BCUT2D eigenvalue weighted by atomic mass is 19.1. The molecule has 0 aromatic heterocycles. The lowest BCUT2D eigenvalue weighted by molar-refractivity contribution is -0.144. The van der Waals surface area contributed by atoms with E-state index < -0.39 is 11.8 Å². The van der Waals surface area contributed by atoms with Gasteiger partial charge in [-0.25, -0.2) is 4.79 Å². The van der Waals surface area contributed by atoms with Crippen LogP contribution in [-0.4, -0.2) is 12.1 Å². The Kier molecular flexibility index (Phi) is 4.94. The fraction of sp³-hybridized carbons (Fsp3) is 0.471. The molecule has 0 heterocycles. The Morgan fingerprint density at radius 3 is 2.35 bits per heavy atom. The van der Waals surface area contributed by atoms with Crippen molar-refractivity contribution in [1.82, 2.24) is 0 Å². The summed E-state index contributed by atoms with van der Waals surface area (Å²) in [7, 11) is 0. The van der Waals surface area contributed by atoms with Gasteiger partial charge in [-0.1, -0.05) is 30.3 Å². The van der Waals surface area contributed by atoms with Gasteiger partial charge in [-0.2, -0.15) is 4.39 Å². The number of hydrogen-bond donors (Lipinski definition) is 0. The molecule has 2 nitrogen and oxygen atoms in total. The topological polar surface area (TPSA) is 26.3 Å². The number of carbonyl (C=O) groups excluding carboxylic acids is 1. The molecule has 1 aromatic rings. The van der Waals surface area contributed by atoms with Gasteiger partial charge in [0.2, 0.25) is 5.83 Å². The van der Waals surface area contributed by atoms with Crippen LogP contribution < -0.4 is 0 Å². The predicted molar refractivity (Wildman–Crippen MR) is 77.0 cm³/mol. The molecule has 0 unspecified atom stereocenters. The van der Waals surface area contributed by atoms with Crippen LogP contribution in [0.4, 0.5) is 4.39 Å². The maximum atomic E-state index is 14.0. The minimum absolute atomic E-state index is 0.283. The van der Waals surface area contributed by atoms with Gasteiger partial charge in [-0.3, -0.25) is 0 Å². The molecule has 0 bridgehead atoms. The zero-order valence-electron chi connectivity index (χ0n) is 12.1. The van der Waals surface area contributed by atoms with E-state index in [0.29, 0.717) is 24.3 Å². The fourth-order valence-electron chi connectivity index (χ4n) is 2.65. The summed E-state index contributed by atoms with van der Waals surface area (Å²) in [5, 5.41) is 0. The minimum atomic E-state index is -0.812. The number of esters is 1. The second kappa shape index (κ2) is 6.69. The summed E-state index contributed by atoms with van der Waals surface area (Å²) in [6.07, 6.45) is 2.77. The van der Waals surface area contributed by atoms with Crippen molar-refractivity contribution in [3.05, 3.63) is 47.3 Å².